The molecule has 1 saturated heterocycles. The van der Waals surface area contributed by atoms with Gasteiger partial charge in [-0.1, -0.05) is 6.07 Å². The van der Waals surface area contributed by atoms with Crippen LogP contribution in [0.4, 0.5) is 5.69 Å². The number of hydrogen-bond acceptors (Lipinski definition) is 5. The number of likely N-dealkylation sites (tertiary alicyclic amines) is 1. The standard InChI is InChI=1S/C21H23N3O5/c25-19(24-10-2-6-17(24)20(26)22-14-8-9-14)13-29-16-5-1-4-15(12-16)23-21(27)18-7-3-11-28-18/h1,3-5,7,11-12,14,17H,2,6,8-10,13H2,(H,22,26)(H,23,27). The number of carbonyl (C=O) groups is 3. The van der Waals surface area contributed by atoms with Gasteiger partial charge in [0.2, 0.25) is 5.91 Å². The molecule has 8 nitrogen and oxygen atoms in total. The van der Waals surface area contributed by atoms with E-state index in [0.717, 1.165) is 19.3 Å². The van der Waals surface area contributed by atoms with Crippen molar-refractivity contribution < 1.29 is 23.5 Å². The Kier molecular flexibility index (Phi) is 5.50. The Morgan fingerprint density at radius 3 is 2.76 bits per heavy atom. The molecule has 4 rings (SSSR count). The molecule has 8 heteroatoms. The minimum absolute atomic E-state index is 0.0685. The normalized spacial score (nSPS) is 18.3. The summed E-state index contributed by atoms with van der Waals surface area (Å²) >= 11 is 0. The summed E-state index contributed by atoms with van der Waals surface area (Å²) in [6.45, 7) is 0.396. The first kappa shape index (κ1) is 19.0. The minimum atomic E-state index is -0.411. The Balaban J connectivity index is 1.31. The van der Waals surface area contributed by atoms with Gasteiger partial charge < -0.3 is 24.7 Å². The molecule has 1 aromatic heterocycles. The fourth-order valence-corrected chi connectivity index (χ4v) is 3.35. The third kappa shape index (κ3) is 4.77. The van der Waals surface area contributed by atoms with Gasteiger partial charge in [0.1, 0.15) is 11.8 Å². The van der Waals surface area contributed by atoms with Crippen molar-refractivity contribution in [2.24, 2.45) is 0 Å². The second kappa shape index (κ2) is 8.38. The molecule has 0 radical (unpaired) electrons. The highest BCUT2D eigenvalue weighted by molar-refractivity contribution is 6.02. The highest BCUT2D eigenvalue weighted by Crippen LogP contribution is 2.23. The number of ether oxygens (including phenoxy) is 1. The van der Waals surface area contributed by atoms with Crippen molar-refractivity contribution >= 4 is 23.4 Å². The molecule has 1 unspecified atom stereocenters. The van der Waals surface area contributed by atoms with Crippen LogP contribution in [0.5, 0.6) is 5.75 Å². The van der Waals surface area contributed by atoms with Gasteiger partial charge in [-0.3, -0.25) is 14.4 Å². The van der Waals surface area contributed by atoms with E-state index < -0.39 is 6.04 Å². The molecule has 3 amide bonds. The topological polar surface area (TPSA) is 101 Å². The number of rotatable bonds is 7. The van der Waals surface area contributed by atoms with Crippen LogP contribution in [-0.4, -0.2) is 47.9 Å². The van der Waals surface area contributed by atoms with Crippen LogP contribution in [-0.2, 0) is 9.59 Å². The number of nitrogens with zero attached hydrogens (tertiary/aromatic N) is 1. The van der Waals surface area contributed by atoms with E-state index in [0.29, 0.717) is 24.4 Å². The van der Waals surface area contributed by atoms with Crippen molar-refractivity contribution in [2.45, 2.75) is 37.8 Å². The fourth-order valence-electron chi connectivity index (χ4n) is 3.35. The van der Waals surface area contributed by atoms with E-state index in [9.17, 15) is 14.4 Å². The van der Waals surface area contributed by atoms with Crippen LogP contribution < -0.4 is 15.4 Å². The predicted octanol–water partition coefficient (Wildman–Crippen LogP) is 2.18. The van der Waals surface area contributed by atoms with E-state index in [2.05, 4.69) is 10.6 Å². The first-order chi connectivity index (χ1) is 14.1. The van der Waals surface area contributed by atoms with Crippen LogP contribution in [0.3, 0.4) is 0 Å². The molecule has 0 spiro atoms. The van der Waals surface area contributed by atoms with Gasteiger partial charge in [0.05, 0.1) is 6.26 Å². The number of anilines is 1. The number of hydrogen-bond donors (Lipinski definition) is 2. The number of benzene rings is 1. The quantitative estimate of drug-likeness (QED) is 0.746. The summed E-state index contributed by atoms with van der Waals surface area (Å²) in [7, 11) is 0. The van der Waals surface area contributed by atoms with E-state index in [-0.39, 0.29) is 36.1 Å². The molecule has 2 aromatic rings. The zero-order valence-corrected chi connectivity index (χ0v) is 15.9. The summed E-state index contributed by atoms with van der Waals surface area (Å²) in [6.07, 6.45) is 4.95. The summed E-state index contributed by atoms with van der Waals surface area (Å²) in [6, 6.07) is 9.85. The lowest BCUT2D eigenvalue weighted by molar-refractivity contribution is -0.140. The molecule has 1 aliphatic heterocycles. The monoisotopic (exact) mass is 397 g/mol. The second-order valence-corrected chi connectivity index (χ2v) is 7.28. The van der Waals surface area contributed by atoms with Crippen molar-refractivity contribution in [3.05, 3.63) is 48.4 Å². The lowest BCUT2D eigenvalue weighted by Gasteiger charge is -2.24. The largest absolute Gasteiger partial charge is 0.484 e. The van der Waals surface area contributed by atoms with Gasteiger partial charge in [-0.05, 0) is 49.9 Å². The Morgan fingerprint density at radius 2 is 2.00 bits per heavy atom. The maximum absolute atomic E-state index is 12.6. The summed E-state index contributed by atoms with van der Waals surface area (Å²) < 4.78 is 10.7. The van der Waals surface area contributed by atoms with Crippen molar-refractivity contribution in [1.82, 2.24) is 10.2 Å². The second-order valence-electron chi connectivity index (χ2n) is 7.28. The molecule has 1 aromatic carbocycles. The molecule has 152 valence electrons. The Labute approximate surface area is 168 Å². The Bertz CT molecular complexity index is 891. The molecule has 2 fully saturated rings. The van der Waals surface area contributed by atoms with E-state index in [1.54, 1.807) is 41.3 Å². The van der Waals surface area contributed by atoms with Crippen LogP contribution in [0.1, 0.15) is 36.2 Å². The number of furan rings is 1. The molecular weight excluding hydrogens is 374 g/mol. The molecule has 2 heterocycles. The molecule has 2 aliphatic rings. The number of nitrogens with one attached hydrogen (secondary N) is 2. The molecule has 0 bridgehead atoms. The molecule has 2 N–H and O–H groups in total. The van der Waals surface area contributed by atoms with Crippen molar-refractivity contribution in [1.29, 1.82) is 0 Å². The summed E-state index contributed by atoms with van der Waals surface area (Å²) in [5.74, 6) is -0.000843. The Morgan fingerprint density at radius 1 is 1.14 bits per heavy atom. The lowest BCUT2D eigenvalue weighted by Crippen LogP contribution is -2.47. The fraction of sp³-hybridized carbons (Fsp3) is 0.381. The predicted molar refractivity (Wildman–Crippen MR) is 104 cm³/mol. The lowest BCUT2D eigenvalue weighted by atomic mass is 10.2. The van der Waals surface area contributed by atoms with Crippen LogP contribution in [0, 0.1) is 0 Å². The molecule has 1 saturated carbocycles. The molecular formula is C21H23N3O5. The smallest absolute Gasteiger partial charge is 0.291 e. The zero-order chi connectivity index (χ0) is 20.2. The van der Waals surface area contributed by atoms with E-state index in [1.165, 1.54) is 6.26 Å². The summed E-state index contributed by atoms with van der Waals surface area (Å²) in [4.78, 5) is 38.6. The van der Waals surface area contributed by atoms with Crippen molar-refractivity contribution in [3.63, 3.8) is 0 Å². The van der Waals surface area contributed by atoms with Crippen LogP contribution in [0.15, 0.2) is 47.1 Å². The first-order valence-corrected chi connectivity index (χ1v) is 9.78. The van der Waals surface area contributed by atoms with Crippen LogP contribution in [0.25, 0.3) is 0 Å². The third-order valence-electron chi connectivity index (χ3n) is 5.00. The van der Waals surface area contributed by atoms with Gasteiger partial charge in [0.25, 0.3) is 11.8 Å². The summed E-state index contributed by atoms with van der Waals surface area (Å²) in [5.41, 5.74) is 0.527. The SMILES string of the molecule is O=C(Nc1cccc(OCC(=O)N2CCCC2C(=O)NC2CC2)c1)c1ccco1. The van der Waals surface area contributed by atoms with Gasteiger partial charge in [0, 0.05) is 24.3 Å². The van der Waals surface area contributed by atoms with Gasteiger partial charge in [0.15, 0.2) is 12.4 Å². The van der Waals surface area contributed by atoms with Crippen LogP contribution in [0.2, 0.25) is 0 Å². The highest BCUT2D eigenvalue weighted by atomic mass is 16.5. The van der Waals surface area contributed by atoms with E-state index in [1.807, 2.05) is 0 Å². The van der Waals surface area contributed by atoms with Gasteiger partial charge >= 0.3 is 0 Å². The molecule has 29 heavy (non-hydrogen) atoms. The van der Waals surface area contributed by atoms with Crippen molar-refractivity contribution in [2.75, 3.05) is 18.5 Å². The van der Waals surface area contributed by atoms with Crippen molar-refractivity contribution in [3.8, 4) is 5.75 Å². The average Bonchev–Trinajstić information content (AvgIpc) is 3.19. The van der Waals surface area contributed by atoms with E-state index in [4.69, 9.17) is 9.15 Å². The van der Waals surface area contributed by atoms with Gasteiger partial charge in [-0.15, -0.1) is 0 Å². The maximum Gasteiger partial charge on any atom is 0.291 e. The van der Waals surface area contributed by atoms with E-state index >= 15 is 0 Å². The number of amides is 3. The molecule has 1 aliphatic carbocycles. The molecule has 1 atom stereocenters. The third-order valence-corrected chi connectivity index (χ3v) is 5.00. The van der Waals surface area contributed by atoms with Gasteiger partial charge in [-0.25, -0.2) is 0 Å². The number of carbonyl (C=O) groups excluding carboxylic acids is 3. The van der Waals surface area contributed by atoms with Gasteiger partial charge in [-0.2, -0.15) is 0 Å². The first-order valence-electron chi connectivity index (χ1n) is 9.78. The maximum atomic E-state index is 12.6. The minimum Gasteiger partial charge on any atom is -0.484 e. The van der Waals surface area contributed by atoms with Crippen LogP contribution >= 0.6 is 0 Å². The Hall–Kier alpha value is -3.29. The zero-order valence-electron chi connectivity index (χ0n) is 15.9. The average molecular weight is 397 g/mol. The summed E-state index contributed by atoms with van der Waals surface area (Å²) in [5, 5.41) is 5.68. The highest BCUT2D eigenvalue weighted by Gasteiger charge is 2.36.